The van der Waals surface area contributed by atoms with E-state index in [-0.39, 0.29) is 22.8 Å². The van der Waals surface area contributed by atoms with Gasteiger partial charge in [-0.15, -0.1) is 23.1 Å². The lowest BCUT2D eigenvalue weighted by Gasteiger charge is -2.59. The van der Waals surface area contributed by atoms with Crippen LogP contribution in [-0.2, 0) is 10.5 Å². The molecule has 4 bridgehead atoms. The Hall–Kier alpha value is -1.34. The summed E-state index contributed by atoms with van der Waals surface area (Å²) in [6.45, 7) is 8.18. The minimum Gasteiger partial charge on any atom is -0.352 e. The number of H-pyrrole nitrogens is 1. The topological polar surface area (TPSA) is 74.8 Å². The molecule has 4 fully saturated rings. The Morgan fingerprint density at radius 2 is 1.81 bits per heavy atom. The molecule has 0 spiro atoms. The summed E-state index contributed by atoms with van der Waals surface area (Å²) in [6, 6.07) is 0.239. The van der Waals surface area contributed by atoms with Gasteiger partial charge in [0.15, 0.2) is 0 Å². The van der Waals surface area contributed by atoms with Crippen molar-refractivity contribution in [3.8, 4) is 0 Å². The average Bonchev–Trinajstić information content (AvgIpc) is 2.99. The first kappa shape index (κ1) is 21.5. The van der Waals surface area contributed by atoms with Crippen molar-refractivity contribution in [3.05, 3.63) is 26.6 Å². The number of fused-ring (bicyclic) bond motifs is 1. The lowest BCUT2D eigenvalue weighted by Crippen LogP contribution is -2.56. The second-order valence-corrected chi connectivity index (χ2v) is 13.0. The maximum Gasteiger partial charge on any atom is 0.259 e. The number of rotatable bonds is 6. The zero-order valence-electron chi connectivity index (χ0n) is 18.9. The fourth-order valence-corrected chi connectivity index (χ4v) is 8.65. The molecular formula is C24H33N3O2S2. The standard InChI is InChI=1S/C24H33N3O2S2/c1-12-13(2)31-23-20(12)22(29)26-19(27-23)11-30-14(3)21(28)25-15(4)24-8-16-5-17(9-24)7-18(6-16)10-24/h14-18H,5-11H2,1-4H3,(H,25,28)(H,26,27,29)/t14-,15-,16?,17?,18?,24?/m0/s1. The van der Waals surface area contributed by atoms with E-state index in [0.29, 0.717) is 22.4 Å². The Bertz CT molecular complexity index is 1040. The number of aryl methyl sites for hydroxylation is 2. The molecule has 2 N–H and O–H groups in total. The van der Waals surface area contributed by atoms with Gasteiger partial charge < -0.3 is 10.3 Å². The van der Waals surface area contributed by atoms with Gasteiger partial charge >= 0.3 is 0 Å². The van der Waals surface area contributed by atoms with Gasteiger partial charge in [0.05, 0.1) is 16.4 Å². The third kappa shape index (κ3) is 3.86. The van der Waals surface area contributed by atoms with E-state index >= 15 is 0 Å². The van der Waals surface area contributed by atoms with Gasteiger partial charge in [-0.3, -0.25) is 9.59 Å². The summed E-state index contributed by atoms with van der Waals surface area (Å²) in [5.41, 5.74) is 1.26. The molecule has 4 aliphatic carbocycles. The van der Waals surface area contributed by atoms with Crippen molar-refractivity contribution in [1.82, 2.24) is 15.3 Å². The molecule has 0 saturated heterocycles. The Labute approximate surface area is 192 Å². The van der Waals surface area contributed by atoms with Crippen molar-refractivity contribution in [3.63, 3.8) is 0 Å². The predicted molar refractivity (Wildman–Crippen MR) is 129 cm³/mol. The maximum absolute atomic E-state index is 13.0. The monoisotopic (exact) mass is 459 g/mol. The number of carbonyl (C=O) groups is 1. The molecule has 0 aromatic carbocycles. The third-order valence-electron chi connectivity index (χ3n) is 8.29. The van der Waals surface area contributed by atoms with Crippen LogP contribution in [0.1, 0.15) is 68.6 Å². The Morgan fingerprint density at radius 1 is 1.19 bits per heavy atom. The van der Waals surface area contributed by atoms with Gasteiger partial charge in [0.1, 0.15) is 10.7 Å². The van der Waals surface area contributed by atoms with Gasteiger partial charge in [0, 0.05) is 10.9 Å². The van der Waals surface area contributed by atoms with E-state index in [9.17, 15) is 9.59 Å². The van der Waals surface area contributed by atoms with E-state index in [2.05, 4.69) is 22.2 Å². The third-order valence-corrected chi connectivity index (χ3v) is 10.5. The number of carbonyl (C=O) groups excluding carboxylic acids is 1. The first-order valence-electron chi connectivity index (χ1n) is 11.6. The molecule has 0 unspecified atom stereocenters. The summed E-state index contributed by atoms with van der Waals surface area (Å²) in [4.78, 5) is 34.9. The highest BCUT2D eigenvalue weighted by atomic mass is 32.2. The summed E-state index contributed by atoms with van der Waals surface area (Å²) in [5.74, 6) is 3.96. The highest BCUT2D eigenvalue weighted by Gasteiger charge is 2.53. The first-order valence-corrected chi connectivity index (χ1v) is 13.5. The van der Waals surface area contributed by atoms with Crippen molar-refractivity contribution >= 4 is 39.2 Å². The molecule has 2 atom stereocenters. The molecular weight excluding hydrogens is 426 g/mol. The van der Waals surface area contributed by atoms with Crippen LogP contribution < -0.4 is 10.9 Å². The van der Waals surface area contributed by atoms with Crippen LogP contribution in [-0.4, -0.2) is 27.2 Å². The normalized spacial score (nSPS) is 31.2. The van der Waals surface area contributed by atoms with E-state index in [0.717, 1.165) is 33.0 Å². The van der Waals surface area contributed by atoms with E-state index < -0.39 is 0 Å². The maximum atomic E-state index is 13.0. The van der Waals surface area contributed by atoms with Gasteiger partial charge in [-0.25, -0.2) is 4.98 Å². The number of nitrogens with zero attached hydrogens (tertiary/aromatic N) is 1. The summed E-state index contributed by atoms with van der Waals surface area (Å²) in [7, 11) is 0. The molecule has 168 valence electrons. The molecule has 4 saturated carbocycles. The van der Waals surface area contributed by atoms with Crippen molar-refractivity contribution in [2.24, 2.45) is 23.2 Å². The van der Waals surface area contributed by atoms with Crippen LogP contribution in [0.15, 0.2) is 4.79 Å². The van der Waals surface area contributed by atoms with Crippen molar-refractivity contribution < 1.29 is 4.79 Å². The van der Waals surface area contributed by atoms with Crippen LogP contribution in [0.25, 0.3) is 10.2 Å². The number of aromatic amines is 1. The highest BCUT2D eigenvalue weighted by Crippen LogP contribution is 2.61. The second-order valence-electron chi connectivity index (χ2n) is 10.4. The van der Waals surface area contributed by atoms with Gasteiger partial charge in [-0.1, -0.05) is 0 Å². The van der Waals surface area contributed by atoms with Crippen LogP contribution in [0.4, 0.5) is 0 Å². The SMILES string of the molecule is Cc1sc2nc(CS[C@@H](C)C(=O)N[C@@H](C)C34CC5CC(CC(C5)C3)C4)[nH]c(=O)c2c1C. The molecule has 0 radical (unpaired) electrons. The van der Waals surface area contributed by atoms with E-state index in [1.807, 2.05) is 20.8 Å². The van der Waals surface area contributed by atoms with Crippen LogP contribution in [0.5, 0.6) is 0 Å². The van der Waals surface area contributed by atoms with Crippen LogP contribution in [0.3, 0.4) is 0 Å². The first-order chi connectivity index (χ1) is 14.7. The van der Waals surface area contributed by atoms with Crippen molar-refractivity contribution in [1.29, 1.82) is 0 Å². The van der Waals surface area contributed by atoms with E-state index in [4.69, 9.17) is 0 Å². The predicted octanol–water partition coefficient (Wildman–Crippen LogP) is 4.94. The summed E-state index contributed by atoms with van der Waals surface area (Å²) in [5, 5.41) is 3.90. The molecule has 4 aliphatic rings. The second kappa shape index (κ2) is 7.91. The fourth-order valence-electron chi connectivity index (χ4n) is 6.84. The van der Waals surface area contributed by atoms with E-state index in [1.165, 1.54) is 38.5 Å². The number of amides is 1. The number of hydrogen-bond acceptors (Lipinski definition) is 5. The molecule has 2 aromatic heterocycles. The van der Waals surface area contributed by atoms with Crippen LogP contribution in [0, 0.1) is 37.0 Å². The molecule has 2 aromatic rings. The van der Waals surface area contributed by atoms with Crippen LogP contribution >= 0.6 is 23.1 Å². The quantitative estimate of drug-likeness (QED) is 0.641. The molecule has 0 aliphatic heterocycles. The molecule has 31 heavy (non-hydrogen) atoms. The Kier molecular flexibility index (Phi) is 5.48. The summed E-state index contributed by atoms with van der Waals surface area (Å²) < 4.78 is 0. The fraction of sp³-hybridized carbons (Fsp3) is 0.708. The molecule has 1 amide bonds. The summed E-state index contributed by atoms with van der Waals surface area (Å²) >= 11 is 3.11. The van der Waals surface area contributed by atoms with Gasteiger partial charge in [-0.05, 0) is 95.0 Å². The zero-order valence-corrected chi connectivity index (χ0v) is 20.5. The van der Waals surface area contributed by atoms with Crippen LogP contribution in [0.2, 0.25) is 0 Å². The van der Waals surface area contributed by atoms with Gasteiger partial charge in [-0.2, -0.15) is 0 Å². The lowest BCUT2D eigenvalue weighted by molar-refractivity contribution is -0.125. The lowest BCUT2D eigenvalue weighted by atomic mass is 9.48. The van der Waals surface area contributed by atoms with Crippen molar-refractivity contribution in [2.75, 3.05) is 0 Å². The Morgan fingerprint density at radius 3 is 2.42 bits per heavy atom. The minimum absolute atomic E-state index is 0.0741. The summed E-state index contributed by atoms with van der Waals surface area (Å²) in [6.07, 6.45) is 8.16. The largest absolute Gasteiger partial charge is 0.352 e. The zero-order chi connectivity index (χ0) is 21.9. The average molecular weight is 460 g/mol. The minimum atomic E-state index is -0.177. The van der Waals surface area contributed by atoms with Crippen molar-refractivity contribution in [2.45, 2.75) is 83.3 Å². The van der Waals surface area contributed by atoms with Gasteiger partial charge in [0.25, 0.3) is 5.56 Å². The molecule has 5 nitrogen and oxygen atoms in total. The molecule has 7 heteroatoms. The number of thioether (sulfide) groups is 1. The molecule has 2 heterocycles. The smallest absolute Gasteiger partial charge is 0.259 e. The number of hydrogen-bond donors (Lipinski definition) is 2. The number of nitrogens with one attached hydrogen (secondary N) is 2. The number of aromatic nitrogens is 2. The number of thiophene rings is 1. The Balaban J connectivity index is 1.21. The van der Waals surface area contributed by atoms with E-state index in [1.54, 1.807) is 23.1 Å². The highest BCUT2D eigenvalue weighted by molar-refractivity contribution is 7.99. The van der Waals surface area contributed by atoms with Gasteiger partial charge in [0.2, 0.25) is 5.91 Å². The molecule has 6 rings (SSSR count).